The highest BCUT2D eigenvalue weighted by Crippen LogP contribution is 2.20. The van der Waals surface area contributed by atoms with Gasteiger partial charge in [-0.25, -0.2) is 0 Å². The zero-order valence-corrected chi connectivity index (χ0v) is 12.0. The van der Waals surface area contributed by atoms with Gasteiger partial charge >= 0.3 is 0 Å². The van der Waals surface area contributed by atoms with Gasteiger partial charge in [-0.3, -0.25) is 4.90 Å². The summed E-state index contributed by atoms with van der Waals surface area (Å²) in [4.78, 5) is 2.37. The van der Waals surface area contributed by atoms with E-state index < -0.39 is 0 Å². The molecule has 1 N–H and O–H groups in total. The fraction of sp³-hybridized carbons (Fsp3) is 0.625. The van der Waals surface area contributed by atoms with E-state index in [9.17, 15) is 0 Å². The molecule has 0 saturated carbocycles. The van der Waals surface area contributed by atoms with E-state index in [0.717, 1.165) is 38.4 Å². The summed E-state index contributed by atoms with van der Waals surface area (Å²) in [5.41, 5.74) is 1.32. The fourth-order valence-electron chi connectivity index (χ4n) is 2.52. The second-order valence-electron chi connectivity index (χ2n) is 5.71. The van der Waals surface area contributed by atoms with Crippen molar-refractivity contribution in [3.63, 3.8) is 0 Å². The highest BCUT2D eigenvalue weighted by molar-refractivity contribution is 5.30. The fourth-order valence-corrected chi connectivity index (χ4v) is 2.52. The minimum atomic E-state index is 0.313. The Bertz CT molecular complexity index is 392. The highest BCUT2D eigenvalue weighted by atomic mass is 16.5. The van der Waals surface area contributed by atoms with E-state index in [2.05, 4.69) is 36.9 Å². The first-order chi connectivity index (χ1) is 9.19. The third-order valence-electron chi connectivity index (χ3n) is 3.83. The number of aliphatic hydroxyl groups excluding tert-OH is 1. The number of hydrogen-bond acceptors (Lipinski definition) is 3. The summed E-state index contributed by atoms with van der Waals surface area (Å²) in [6.07, 6.45) is 1.11. The van der Waals surface area contributed by atoms with Crippen molar-refractivity contribution in [3.05, 3.63) is 29.8 Å². The molecule has 0 spiro atoms. The van der Waals surface area contributed by atoms with Gasteiger partial charge in [0.25, 0.3) is 0 Å². The van der Waals surface area contributed by atoms with Gasteiger partial charge in [0, 0.05) is 19.7 Å². The standard InChI is InChI=1S/C16H25NO2/c1-13(2)15-4-3-5-16(10-15)19-9-8-17-7-6-14(11-17)12-18/h3-5,10,13-14,18H,6-9,11-12H2,1-2H3. The quantitative estimate of drug-likeness (QED) is 0.856. The van der Waals surface area contributed by atoms with Gasteiger partial charge in [-0.2, -0.15) is 0 Å². The van der Waals surface area contributed by atoms with Crippen LogP contribution in [0.25, 0.3) is 0 Å². The number of hydrogen-bond donors (Lipinski definition) is 1. The Kier molecular flexibility index (Phi) is 5.23. The van der Waals surface area contributed by atoms with Crippen LogP contribution in [0.4, 0.5) is 0 Å². The molecule has 0 bridgehead atoms. The number of nitrogens with zero attached hydrogens (tertiary/aromatic N) is 1. The van der Waals surface area contributed by atoms with E-state index in [1.54, 1.807) is 0 Å². The lowest BCUT2D eigenvalue weighted by molar-refractivity contribution is 0.204. The van der Waals surface area contributed by atoms with Crippen molar-refractivity contribution in [2.45, 2.75) is 26.2 Å². The number of rotatable bonds is 6. The summed E-state index contributed by atoms with van der Waals surface area (Å²) in [6, 6.07) is 8.35. The Morgan fingerprint density at radius 1 is 1.42 bits per heavy atom. The molecule has 3 nitrogen and oxygen atoms in total. The molecule has 0 amide bonds. The molecule has 1 heterocycles. The molecule has 1 aliphatic rings. The first kappa shape index (κ1) is 14.4. The highest BCUT2D eigenvalue weighted by Gasteiger charge is 2.21. The summed E-state index contributed by atoms with van der Waals surface area (Å²) < 4.78 is 5.82. The lowest BCUT2D eigenvalue weighted by Crippen LogP contribution is -2.26. The Labute approximate surface area is 116 Å². The Morgan fingerprint density at radius 2 is 2.26 bits per heavy atom. The number of benzene rings is 1. The minimum Gasteiger partial charge on any atom is -0.492 e. The predicted octanol–water partition coefficient (Wildman–Crippen LogP) is 2.50. The molecule has 3 heteroatoms. The van der Waals surface area contributed by atoms with Crippen molar-refractivity contribution in [3.8, 4) is 5.75 Å². The maximum atomic E-state index is 9.11. The molecule has 1 aromatic rings. The van der Waals surface area contributed by atoms with Gasteiger partial charge in [-0.1, -0.05) is 26.0 Å². The molecule has 0 aromatic heterocycles. The largest absolute Gasteiger partial charge is 0.492 e. The molecule has 1 unspecified atom stereocenters. The second-order valence-corrected chi connectivity index (χ2v) is 5.71. The molecule has 0 radical (unpaired) electrons. The molecule has 19 heavy (non-hydrogen) atoms. The SMILES string of the molecule is CC(C)c1cccc(OCCN2CCC(CO)C2)c1. The van der Waals surface area contributed by atoms with Crippen LogP contribution in [0.5, 0.6) is 5.75 Å². The Morgan fingerprint density at radius 3 is 2.95 bits per heavy atom. The van der Waals surface area contributed by atoms with Gasteiger partial charge in [0.15, 0.2) is 0 Å². The summed E-state index contributed by atoms with van der Waals surface area (Å²) in [6.45, 7) is 8.46. The monoisotopic (exact) mass is 263 g/mol. The topological polar surface area (TPSA) is 32.7 Å². The predicted molar refractivity (Wildman–Crippen MR) is 77.7 cm³/mol. The van der Waals surface area contributed by atoms with Gasteiger partial charge in [-0.15, -0.1) is 0 Å². The van der Waals surface area contributed by atoms with Crippen LogP contribution in [0.2, 0.25) is 0 Å². The average Bonchev–Trinajstić information content (AvgIpc) is 2.87. The van der Waals surface area contributed by atoms with Crippen molar-refractivity contribution in [1.82, 2.24) is 4.90 Å². The first-order valence-corrected chi connectivity index (χ1v) is 7.25. The molecule has 1 atom stereocenters. The first-order valence-electron chi connectivity index (χ1n) is 7.25. The van der Waals surface area contributed by atoms with Crippen LogP contribution in [0.3, 0.4) is 0 Å². The summed E-state index contributed by atoms with van der Waals surface area (Å²) >= 11 is 0. The molecule has 2 rings (SSSR count). The second kappa shape index (κ2) is 6.92. The van der Waals surface area contributed by atoms with Gasteiger partial charge in [0.2, 0.25) is 0 Å². The molecular formula is C16H25NO2. The van der Waals surface area contributed by atoms with Crippen LogP contribution in [-0.4, -0.2) is 42.9 Å². The number of ether oxygens (including phenoxy) is 1. The van der Waals surface area contributed by atoms with E-state index in [-0.39, 0.29) is 0 Å². The smallest absolute Gasteiger partial charge is 0.119 e. The van der Waals surface area contributed by atoms with Crippen LogP contribution in [-0.2, 0) is 0 Å². The molecule has 1 aliphatic heterocycles. The number of likely N-dealkylation sites (tertiary alicyclic amines) is 1. The summed E-state index contributed by atoms with van der Waals surface area (Å²) in [7, 11) is 0. The lowest BCUT2D eigenvalue weighted by Gasteiger charge is -2.16. The van der Waals surface area contributed by atoms with Gasteiger partial charge in [0.1, 0.15) is 12.4 Å². The third-order valence-corrected chi connectivity index (χ3v) is 3.83. The van der Waals surface area contributed by atoms with Gasteiger partial charge < -0.3 is 9.84 Å². The molecule has 1 fully saturated rings. The normalized spacial score (nSPS) is 20.1. The van der Waals surface area contributed by atoms with E-state index in [4.69, 9.17) is 9.84 Å². The maximum absolute atomic E-state index is 9.11. The van der Waals surface area contributed by atoms with E-state index >= 15 is 0 Å². The average molecular weight is 263 g/mol. The minimum absolute atomic E-state index is 0.313. The van der Waals surface area contributed by atoms with Gasteiger partial charge in [0.05, 0.1) is 0 Å². The van der Waals surface area contributed by atoms with E-state index in [1.807, 2.05) is 6.07 Å². The van der Waals surface area contributed by atoms with Crippen molar-refractivity contribution in [2.75, 3.05) is 32.8 Å². The molecule has 1 saturated heterocycles. The zero-order valence-electron chi connectivity index (χ0n) is 12.0. The maximum Gasteiger partial charge on any atom is 0.119 e. The molecule has 1 aromatic carbocycles. The molecular weight excluding hydrogens is 238 g/mol. The summed E-state index contributed by atoms with van der Waals surface area (Å²) in [5.74, 6) is 1.96. The third kappa shape index (κ3) is 4.22. The zero-order chi connectivity index (χ0) is 13.7. The van der Waals surface area contributed by atoms with E-state index in [0.29, 0.717) is 18.4 Å². The van der Waals surface area contributed by atoms with Crippen molar-refractivity contribution >= 4 is 0 Å². The van der Waals surface area contributed by atoms with Crippen LogP contribution in [0, 0.1) is 5.92 Å². The lowest BCUT2D eigenvalue weighted by atomic mass is 10.0. The van der Waals surface area contributed by atoms with Crippen LogP contribution in [0.15, 0.2) is 24.3 Å². The van der Waals surface area contributed by atoms with E-state index in [1.165, 1.54) is 5.56 Å². The molecule has 106 valence electrons. The number of aliphatic hydroxyl groups is 1. The van der Waals surface area contributed by atoms with Crippen molar-refractivity contribution in [2.24, 2.45) is 5.92 Å². The van der Waals surface area contributed by atoms with Crippen LogP contribution in [0.1, 0.15) is 31.7 Å². The molecule has 0 aliphatic carbocycles. The summed E-state index contributed by atoms with van der Waals surface area (Å²) in [5, 5.41) is 9.11. The Hall–Kier alpha value is -1.06. The van der Waals surface area contributed by atoms with Gasteiger partial charge in [-0.05, 0) is 42.5 Å². The van der Waals surface area contributed by atoms with Crippen LogP contribution >= 0.6 is 0 Å². The van der Waals surface area contributed by atoms with Crippen LogP contribution < -0.4 is 4.74 Å². The van der Waals surface area contributed by atoms with Crippen molar-refractivity contribution in [1.29, 1.82) is 0 Å². The Balaban J connectivity index is 1.75. The van der Waals surface area contributed by atoms with Crippen molar-refractivity contribution < 1.29 is 9.84 Å².